The summed E-state index contributed by atoms with van der Waals surface area (Å²) in [5, 5.41) is 11.5. The lowest BCUT2D eigenvalue weighted by Crippen LogP contribution is -2.54. The second-order valence-corrected chi connectivity index (χ2v) is 7.77. The van der Waals surface area contributed by atoms with Gasteiger partial charge >= 0.3 is 5.63 Å². The fourth-order valence-electron chi connectivity index (χ4n) is 4.56. The van der Waals surface area contributed by atoms with Crippen molar-refractivity contribution in [1.29, 1.82) is 0 Å². The fraction of sp³-hybridized carbons (Fsp3) is 0.524. The third-order valence-electron chi connectivity index (χ3n) is 6.16. The van der Waals surface area contributed by atoms with Crippen molar-refractivity contribution in [2.24, 2.45) is 5.92 Å². The maximum absolute atomic E-state index is 12.9. The van der Waals surface area contributed by atoms with E-state index >= 15 is 0 Å². The number of rotatable bonds is 3. The van der Waals surface area contributed by atoms with Crippen LogP contribution in [0.1, 0.15) is 37.7 Å². The lowest BCUT2D eigenvalue weighted by Gasteiger charge is -2.47. The predicted molar refractivity (Wildman–Crippen MR) is 101 cm³/mol. The van der Waals surface area contributed by atoms with Crippen LogP contribution in [0.15, 0.2) is 33.5 Å². The molecule has 1 aromatic heterocycles. The van der Waals surface area contributed by atoms with Crippen LogP contribution in [-0.2, 0) is 11.2 Å². The summed E-state index contributed by atoms with van der Waals surface area (Å²) < 4.78 is 10.4. The molecule has 1 saturated heterocycles. The SMILES string of the molecule is COc1ccc2c(CC(=O)N3CC[C@]4(O)CCCC[C@H]4C3)cc(=O)oc2c1. The molecule has 1 aliphatic carbocycles. The summed E-state index contributed by atoms with van der Waals surface area (Å²) in [5.41, 5.74) is 0.00807. The topological polar surface area (TPSA) is 80.0 Å². The van der Waals surface area contributed by atoms with Crippen LogP contribution < -0.4 is 10.4 Å². The first kappa shape index (κ1) is 18.0. The quantitative estimate of drug-likeness (QED) is 0.839. The van der Waals surface area contributed by atoms with Crippen LogP contribution in [-0.4, -0.2) is 41.7 Å². The average Bonchev–Trinajstić information content (AvgIpc) is 2.66. The first-order valence-corrected chi connectivity index (χ1v) is 9.59. The summed E-state index contributed by atoms with van der Waals surface area (Å²) in [6.07, 6.45) is 4.78. The highest BCUT2D eigenvalue weighted by atomic mass is 16.5. The normalized spacial score (nSPS) is 25.3. The molecule has 1 N–H and O–H groups in total. The molecule has 2 aliphatic rings. The van der Waals surface area contributed by atoms with Crippen LogP contribution >= 0.6 is 0 Å². The lowest BCUT2D eigenvalue weighted by atomic mass is 9.71. The first-order valence-electron chi connectivity index (χ1n) is 9.59. The minimum atomic E-state index is -0.605. The number of nitrogens with zero attached hydrogens (tertiary/aromatic N) is 1. The molecule has 2 heterocycles. The zero-order valence-corrected chi connectivity index (χ0v) is 15.6. The van der Waals surface area contributed by atoms with Crippen molar-refractivity contribution in [1.82, 2.24) is 4.90 Å². The van der Waals surface area contributed by atoms with Crippen molar-refractivity contribution in [3.63, 3.8) is 0 Å². The number of carbonyl (C=O) groups excluding carboxylic acids is 1. The van der Waals surface area contributed by atoms with Gasteiger partial charge in [0, 0.05) is 36.5 Å². The van der Waals surface area contributed by atoms with Crippen LogP contribution in [0.3, 0.4) is 0 Å². The number of hydrogen-bond acceptors (Lipinski definition) is 5. The van der Waals surface area contributed by atoms with Gasteiger partial charge in [-0.2, -0.15) is 0 Å². The summed E-state index contributed by atoms with van der Waals surface area (Å²) in [5.74, 6) is 0.748. The second kappa shape index (κ2) is 7.00. The molecule has 0 spiro atoms. The van der Waals surface area contributed by atoms with Gasteiger partial charge in [-0.25, -0.2) is 4.79 Å². The third-order valence-corrected chi connectivity index (χ3v) is 6.16. The number of methoxy groups -OCH3 is 1. The Morgan fingerprint density at radius 2 is 2.19 bits per heavy atom. The molecule has 1 aromatic carbocycles. The molecule has 0 unspecified atom stereocenters. The van der Waals surface area contributed by atoms with Crippen molar-refractivity contribution in [2.45, 2.75) is 44.1 Å². The molecule has 0 radical (unpaired) electrons. The van der Waals surface area contributed by atoms with E-state index in [9.17, 15) is 14.7 Å². The Kier molecular flexibility index (Phi) is 4.68. The van der Waals surface area contributed by atoms with Crippen molar-refractivity contribution in [2.75, 3.05) is 20.2 Å². The molecular formula is C21H25NO5. The molecular weight excluding hydrogens is 346 g/mol. The van der Waals surface area contributed by atoms with Crippen molar-refractivity contribution < 1.29 is 19.1 Å². The number of carbonyl (C=O) groups is 1. The highest BCUT2D eigenvalue weighted by Crippen LogP contribution is 2.39. The fourth-order valence-corrected chi connectivity index (χ4v) is 4.56. The molecule has 2 aromatic rings. The molecule has 1 aliphatic heterocycles. The van der Waals surface area contributed by atoms with Crippen molar-refractivity contribution in [3.8, 4) is 5.75 Å². The molecule has 4 rings (SSSR count). The third kappa shape index (κ3) is 3.46. The Balaban J connectivity index is 1.55. The Morgan fingerprint density at radius 3 is 3.00 bits per heavy atom. The second-order valence-electron chi connectivity index (χ2n) is 7.77. The molecule has 1 amide bonds. The highest BCUT2D eigenvalue weighted by Gasteiger charge is 2.43. The van der Waals surface area contributed by atoms with Gasteiger partial charge in [0.25, 0.3) is 0 Å². The van der Waals surface area contributed by atoms with Gasteiger partial charge in [-0.3, -0.25) is 4.79 Å². The van der Waals surface area contributed by atoms with E-state index in [1.54, 1.807) is 19.2 Å². The maximum Gasteiger partial charge on any atom is 0.336 e. The van der Waals surface area contributed by atoms with E-state index in [1.165, 1.54) is 6.07 Å². The van der Waals surface area contributed by atoms with Gasteiger partial charge in [0.05, 0.1) is 19.1 Å². The van der Waals surface area contributed by atoms with Gasteiger partial charge < -0.3 is 19.2 Å². The predicted octanol–water partition coefficient (Wildman–Crippen LogP) is 2.50. The monoisotopic (exact) mass is 371 g/mol. The number of fused-ring (bicyclic) bond motifs is 2. The van der Waals surface area contributed by atoms with Gasteiger partial charge in [0.1, 0.15) is 11.3 Å². The zero-order chi connectivity index (χ0) is 19.0. The standard InChI is InChI=1S/C21H25NO5/c1-26-16-5-6-17-14(11-20(24)27-18(17)12-16)10-19(23)22-9-8-21(25)7-3-2-4-15(21)13-22/h5-6,11-12,15,25H,2-4,7-10,13H2,1H3/t15-,21+/m0/s1. The Bertz CT molecular complexity index is 920. The molecule has 144 valence electrons. The van der Waals surface area contributed by atoms with E-state index in [0.29, 0.717) is 36.4 Å². The number of likely N-dealkylation sites (tertiary alicyclic amines) is 1. The molecule has 2 atom stereocenters. The van der Waals surface area contributed by atoms with Crippen LogP contribution in [0.25, 0.3) is 11.0 Å². The average molecular weight is 371 g/mol. The van der Waals surface area contributed by atoms with Crippen molar-refractivity contribution in [3.05, 3.63) is 40.2 Å². The minimum Gasteiger partial charge on any atom is -0.497 e. The highest BCUT2D eigenvalue weighted by molar-refractivity contribution is 5.87. The Labute approximate surface area is 157 Å². The number of ether oxygens (including phenoxy) is 1. The maximum atomic E-state index is 12.9. The van der Waals surface area contributed by atoms with E-state index in [1.807, 2.05) is 11.0 Å². The van der Waals surface area contributed by atoms with E-state index < -0.39 is 11.2 Å². The number of benzene rings is 1. The van der Waals surface area contributed by atoms with Crippen LogP contribution in [0, 0.1) is 5.92 Å². The van der Waals surface area contributed by atoms with E-state index in [2.05, 4.69) is 0 Å². The summed E-state index contributed by atoms with van der Waals surface area (Å²) in [6, 6.07) is 6.66. The number of amides is 1. The summed E-state index contributed by atoms with van der Waals surface area (Å²) in [7, 11) is 1.55. The Morgan fingerprint density at radius 1 is 1.33 bits per heavy atom. The smallest absolute Gasteiger partial charge is 0.336 e. The molecule has 6 heteroatoms. The van der Waals surface area contributed by atoms with Gasteiger partial charge in [-0.1, -0.05) is 12.8 Å². The van der Waals surface area contributed by atoms with Gasteiger partial charge in [0.15, 0.2) is 0 Å². The summed E-state index contributed by atoms with van der Waals surface area (Å²) in [6.45, 7) is 1.17. The molecule has 6 nitrogen and oxygen atoms in total. The van der Waals surface area contributed by atoms with Crippen LogP contribution in [0.4, 0.5) is 0 Å². The van der Waals surface area contributed by atoms with Crippen molar-refractivity contribution >= 4 is 16.9 Å². The zero-order valence-electron chi connectivity index (χ0n) is 15.6. The number of aliphatic hydroxyl groups is 1. The van der Waals surface area contributed by atoms with Gasteiger partial charge in [-0.15, -0.1) is 0 Å². The molecule has 2 fully saturated rings. The minimum absolute atomic E-state index is 0.00894. The molecule has 0 bridgehead atoms. The van der Waals surface area contributed by atoms with E-state index in [4.69, 9.17) is 9.15 Å². The summed E-state index contributed by atoms with van der Waals surface area (Å²) >= 11 is 0. The number of hydrogen-bond donors (Lipinski definition) is 1. The Hall–Kier alpha value is -2.34. The van der Waals surface area contributed by atoms with Crippen LogP contribution in [0.5, 0.6) is 5.75 Å². The van der Waals surface area contributed by atoms with Gasteiger partial charge in [0.2, 0.25) is 5.91 Å². The van der Waals surface area contributed by atoms with E-state index in [0.717, 1.165) is 31.1 Å². The molecule has 27 heavy (non-hydrogen) atoms. The summed E-state index contributed by atoms with van der Waals surface area (Å²) in [4.78, 5) is 26.7. The largest absolute Gasteiger partial charge is 0.497 e. The lowest BCUT2D eigenvalue weighted by molar-refractivity contribution is -0.142. The number of piperidine rings is 1. The van der Waals surface area contributed by atoms with E-state index in [-0.39, 0.29) is 18.2 Å². The van der Waals surface area contributed by atoms with Crippen LogP contribution in [0.2, 0.25) is 0 Å². The molecule has 1 saturated carbocycles. The first-order chi connectivity index (χ1) is 13.0. The van der Waals surface area contributed by atoms with Gasteiger partial charge in [-0.05, 0) is 37.0 Å².